The Balaban J connectivity index is 2.40. The third-order valence-electron chi connectivity index (χ3n) is 2.58. The summed E-state index contributed by atoms with van der Waals surface area (Å²) in [6.45, 7) is 3.94. The van der Waals surface area contributed by atoms with E-state index in [1.54, 1.807) is 0 Å². The van der Waals surface area contributed by atoms with Gasteiger partial charge < -0.3 is 10.4 Å². The third kappa shape index (κ3) is 2.70. The molecule has 0 aliphatic carbocycles. The fraction of sp³-hybridized carbons (Fsp3) is 0.778. The maximum Gasteiger partial charge on any atom is 0.320 e. The average molecular weight is 200 g/mol. The highest BCUT2D eigenvalue weighted by Crippen LogP contribution is 2.19. The van der Waals surface area contributed by atoms with Crippen molar-refractivity contribution in [2.45, 2.75) is 32.4 Å². The molecule has 5 heteroatoms. The second-order valence-corrected chi connectivity index (χ2v) is 3.81. The molecule has 14 heavy (non-hydrogen) atoms. The Labute approximate surface area is 82.9 Å². The Hall–Kier alpha value is -1.10. The van der Waals surface area contributed by atoms with Crippen LogP contribution in [0.25, 0.3) is 0 Å². The van der Waals surface area contributed by atoms with Crippen molar-refractivity contribution < 1.29 is 14.7 Å². The number of carboxylic acid groups (broad SMARTS) is 1. The summed E-state index contributed by atoms with van der Waals surface area (Å²) in [6.07, 6.45) is 0.625. The number of amides is 1. The predicted molar refractivity (Wildman–Crippen MR) is 50.8 cm³/mol. The summed E-state index contributed by atoms with van der Waals surface area (Å²) in [6, 6.07) is -0.399. The van der Waals surface area contributed by atoms with Crippen LogP contribution in [0.1, 0.15) is 20.3 Å². The molecule has 0 aromatic carbocycles. The summed E-state index contributed by atoms with van der Waals surface area (Å²) in [5.41, 5.74) is 0. The lowest BCUT2D eigenvalue weighted by Gasteiger charge is -2.15. The Morgan fingerprint density at radius 1 is 1.57 bits per heavy atom. The van der Waals surface area contributed by atoms with E-state index in [9.17, 15) is 9.59 Å². The van der Waals surface area contributed by atoms with Crippen LogP contribution >= 0.6 is 0 Å². The summed E-state index contributed by atoms with van der Waals surface area (Å²) < 4.78 is 0. The zero-order valence-corrected chi connectivity index (χ0v) is 8.41. The Kier molecular flexibility index (Phi) is 3.46. The predicted octanol–water partition coefficient (Wildman–Crippen LogP) is -0.426. The Morgan fingerprint density at radius 3 is 2.64 bits per heavy atom. The van der Waals surface area contributed by atoms with Crippen LogP contribution in [0.3, 0.4) is 0 Å². The first kappa shape index (κ1) is 11.0. The van der Waals surface area contributed by atoms with E-state index in [4.69, 9.17) is 5.11 Å². The van der Waals surface area contributed by atoms with Crippen molar-refractivity contribution in [1.82, 2.24) is 10.6 Å². The Bertz CT molecular complexity index is 242. The first-order chi connectivity index (χ1) is 6.50. The first-order valence-electron chi connectivity index (χ1n) is 4.74. The quantitative estimate of drug-likeness (QED) is 0.578. The van der Waals surface area contributed by atoms with E-state index < -0.39 is 12.0 Å². The topological polar surface area (TPSA) is 78.4 Å². The molecule has 5 nitrogen and oxygen atoms in total. The molecule has 1 aliphatic heterocycles. The average Bonchev–Trinajstić information content (AvgIpc) is 2.43. The summed E-state index contributed by atoms with van der Waals surface area (Å²) in [5.74, 6) is -0.622. The molecule has 1 aliphatic rings. The highest BCUT2D eigenvalue weighted by molar-refractivity contribution is 5.74. The molecule has 0 bridgehead atoms. The van der Waals surface area contributed by atoms with Crippen LogP contribution in [0.4, 0.5) is 0 Å². The van der Waals surface area contributed by atoms with Crippen LogP contribution in [0.2, 0.25) is 0 Å². The van der Waals surface area contributed by atoms with Gasteiger partial charge in [-0.25, -0.2) is 0 Å². The monoisotopic (exact) mass is 200 g/mol. The summed E-state index contributed by atoms with van der Waals surface area (Å²) >= 11 is 0. The number of hydrogen-bond donors (Lipinski definition) is 3. The molecule has 1 fully saturated rings. The van der Waals surface area contributed by atoms with Crippen molar-refractivity contribution in [2.24, 2.45) is 5.92 Å². The van der Waals surface area contributed by atoms with Crippen LogP contribution in [0.5, 0.6) is 0 Å². The molecular formula is C9H16N2O3. The molecule has 3 atom stereocenters. The van der Waals surface area contributed by atoms with Crippen LogP contribution in [0.15, 0.2) is 0 Å². The molecule has 0 unspecified atom stereocenters. The van der Waals surface area contributed by atoms with Crippen molar-refractivity contribution >= 4 is 11.9 Å². The van der Waals surface area contributed by atoms with Gasteiger partial charge in [-0.15, -0.1) is 0 Å². The number of carbonyl (C=O) groups excluding carboxylic acids is 1. The molecule has 0 aromatic rings. The van der Waals surface area contributed by atoms with E-state index in [1.165, 1.54) is 6.92 Å². The van der Waals surface area contributed by atoms with E-state index in [2.05, 4.69) is 10.6 Å². The number of nitrogens with one attached hydrogen (secondary N) is 2. The van der Waals surface area contributed by atoms with Gasteiger partial charge in [-0.3, -0.25) is 14.9 Å². The number of hydrogen-bond acceptors (Lipinski definition) is 3. The van der Waals surface area contributed by atoms with Crippen molar-refractivity contribution in [1.29, 1.82) is 0 Å². The number of carboxylic acids is 1. The highest BCUT2D eigenvalue weighted by atomic mass is 16.4. The van der Waals surface area contributed by atoms with Crippen molar-refractivity contribution in [3.8, 4) is 0 Å². The lowest BCUT2D eigenvalue weighted by Crippen LogP contribution is -2.43. The zero-order chi connectivity index (χ0) is 10.7. The lowest BCUT2D eigenvalue weighted by atomic mass is 10.0. The molecular weight excluding hydrogens is 184 g/mol. The molecule has 1 rings (SSSR count). The first-order valence-corrected chi connectivity index (χ1v) is 4.74. The van der Waals surface area contributed by atoms with Crippen molar-refractivity contribution in [2.75, 3.05) is 6.54 Å². The van der Waals surface area contributed by atoms with Gasteiger partial charge in [0.1, 0.15) is 6.04 Å². The third-order valence-corrected chi connectivity index (χ3v) is 2.58. The van der Waals surface area contributed by atoms with Crippen LogP contribution in [-0.4, -0.2) is 35.6 Å². The number of aliphatic carboxylic acids is 1. The normalized spacial score (nSPS) is 31.4. The van der Waals surface area contributed by atoms with Gasteiger partial charge in [0.15, 0.2) is 0 Å². The van der Waals surface area contributed by atoms with E-state index in [1.807, 2.05) is 6.92 Å². The molecule has 0 aromatic heterocycles. The molecule has 0 radical (unpaired) electrons. The van der Waals surface area contributed by atoms with Crippen LogP contribution in [-0.2, 0) is 9.59 Å². The molecule has 0 spiro atoms. The van der Waals surface area contributed by atoms with E-state index in [0.29, 0.717) is 13.0 Å². The second-order valence-electron chi connectivity index (χ2n) is 3.81. The van der Waals surface area contributed by atoms with Crippen LogP contribution < -0.4 is 10.6 Å². The van der Waals surface area contributed by atoms with Gasteiger partial charge in [-0.05, 0) is 12.3 Å². The van der Waals surface area contributed by atoms with Gasteiger partial charge in [0.25, 0.3) is 0 Å². The molecule has 1 heterocycles. The maximum atomic E-state index is 10.7. The standard InChI is InChI=1S/C9H16N2O3/c1-5-3-7(9(13)14)11-8(5)4-10-6(2)12/h5,7-8,11H,3-4H2,1-2H3,(H,10,12)(H,13,14)/t5-,7+,8-/m0/s1. The zero-order valence-electron chi connectivity index (χ0n) is 8.41. The van der Waals surface area contributed by atoms with Crippen molar-refractivity contribution in [3.63, 3.8) is 0 Å². The fourth-order valence-corrected chi connectivity index (χ4v) is 1.71. The summed E-state index contributed by atoms with van der Waals surface area (Å²) in [5, 5.41) is 14.4. The van der Waals surface area contributed by atoms with Gasteiger partial charge in [0, 0.05) is 19.5 Å². The summed E-state index contributed by atoms with van der Waals surface area (Å²) in [4.78, 5) is 21.3. The maximum absolute atomic E-state index is 10.7. The highest BCUT2D eigenvalue weighted by Gasteiger charge is 2.34. The van der Waals surface area contributed by atoms with Crippen LogP contribution in [0, 0.1) is 5.92 Å². The minimum absolute atomic E-state index is 0.0694. The van der Waals surface area contributed by atoms with Crippen molar-refractivity contribution in [3.05, 3.63) is 0 Å². The SMILES string of the molecule is CC(=O)NC[C@@H]1N[C@@H](C(=O)O)C[C@@H]1C. The van der Waals surface area contributed by atoms with Gasteiger partial charge in [0.2, 0.25) is 5.91 Å². The minimum Gasteiger partial charge on any atom is -0.480 e. The largest absolute Gasteiger partial charge is 0.480 e. The van der Waals surface area contributed by atoms with E-state index in [0.717, 1.165) is 0 Å². The lowest BCUT2D eigenvalue weighted by molar-refractivity contribution is -0.139. The number of rotatable bonds is 3. The molecule has 1 saturated heterocycles. The fourth-order valence-electron chi connectivity index (χ4n) is 1.71. The number of carbonyl (C=O) groups is 2. The Morgan fingerprint density at radius 2 is 2.21 bits per heavy atom. The van der Waals surface area contributed by atoms with Gasteiger partial charge >= 0.3 is 5.97 Å². The molecule has 80 valence electrons. The molecule has 3 N–H and O–H groups in total. The van der Waals surface area contributed by atoms with Gasteiger partial charge in [-0.2, -0.15) is 0 Å². The van der Waals surface area contributed by atoms with E-state index >= 15 is 0 Å². The van der Waals surface area contributed by atoms with Gasteiger partial charge in [-0.1, -0.05) is 6.92 Å². The smallest absolute Gasteiger partial charge is 0.320 e. The molecule has 0 saturated carbocycles. The molecule has 1 amide bonds. The summed E-state index contributed by atoms with van der Waals surface area (Å²) in [7, 11) is 0. The minimum atomic E-state index is -0.817. The van der Waals surface area contributed by atoms with E-state index in [-0.39, 0.29) is 17.9 Å². The van der Waals surface area contributed by atoms with Gasteiger partial charge in [0.05, 0.1) is 0 Å². The second kappa shape index (κ2) is 4.41.